The lowest BCUT2D eigenvalue weighted by Gasteiger charge is -2.26. The molecule has 0 radical (unpaired) electrons. The van der Waals surface area contributed by atoms with E-state index in [0.29, 0.717) is 63.7 Å². The summed E-state index contributed by atoms with van der Waals surface area (Å²) in [5.74, 6) is 0.822. The van der Waals surface area contributed by atoms with Crippen LogP contribution in [0.25, 0.3) is 22.4 Å². The van der Waals surface area contributed by atoms with Gasteiger partial charge in [-0.1, -0.05) is 67.9 Å². The monoisotopic (exact) mass is 543 g/mol. The molecule has 5 nitrogen and oxygen atoms in total. The van der Waals surface area contributed by atoms with E-state index < -0.39 is 6.04 Å². The minimum absolute atomic E-state index is 0.00622. The van der Waals surface area contributed by atoms with Crippen molar-refractivity contribution < 1.29 is 8.81 Å². The smallest absolute Gasteiger partial charge is 0.196 e. The Kier molecular flexibility index (Phi) is 7.69. The molecule has 3 aromatic carbocycles. The predicted molar refractivity (Wildman–Crippen MR) is 155 cm³/mol. The maximum absolute atomic E-state index is 14.7. The molecule has 5 rings (SSSR count). The van der Waals surface area contributed by atoms with E-state index in [1.807, 2.05) is 47.2 Å². The van der Waals surface area contributed by atoms with Crippen LogP contribution in [-0.4, -0.2) is 16.1 Å². The van der Waals surface area contributed by atoms with Crippen LogP contribution in [-0.2, 0) is 12.8 Å². The first-order valence-corrected chi connectivity index (χ1v) is 13.5. The van der Waals surface area contributed by atoms with Crippen molar-refractivity contribution in [2.75, 3.05) is 6.54 Å². The number of fused-ring (bicyclic) bond motifs is 1. The van der Waals surface area contributed by atoms with Crippen molar-refractivity contribution in [1.29, 1.82) is 0 Å². The fourth-order valence-electron chi connectivity index (χ4n) is 5.05. The molecule has 200 valence electrons. The standard InChI is InChI=1S/C32H31ClFN3O2/c1-19(2)29(37-18-24(13-14-35)36-32(37)22-10-9-20(3)27(34)16-22)31-26(15-21-7-5-4-6-8-21)30(38)25-12-11-23(33)17-28(25)39-31/h4-12,16-19,29H,13-15,35H2,1-3H3. The predicted octanol–water partition coefficient (Wildman–Crippen LogP) is 7.09. The molecule has 0 fully saturated rings. The highest BCUT2D eigenvalue weighted by molar-refractivity contribution is 6.31. The second kappa shape index (κ2) is 11.2. The van der Waals surface area contributed by atoms with Gasteiger partial charge in [0.2, 0.25) is 0 Å². The Bertz CT molecular complexity index is 1690. The Morgan fingerprint density at radius 2 is 1.85 bits per heavy atom. The molecule has 0 aliphatic rings. The van der Waals surface area contributed by atoms with Crippen molar-refractivity contribution in [2.24, 2.45) is 11.7 Å². The molecular formula is C32H31ClFN3O2. The molecule has 0 spiro atoms. The molecule has 2 N–H and O–H groups in total. The zero-order valence-electron chi connectivity index (χ0n) is 22.2. The van der Waals surface area contributed by atoms with Gasteiger partial charge in [-0.25, -0.2) is 9.37 Å². The van der Waals surface area contributed by atoms with Gasteiger partial charge in [-0.15, -0.1) is 0 Å². The van der Waals surface area contributed by atoms with Crippen LogP contribution in [0.15, 0.2) is 82.1 Å². The van der Waals surface area contributed by atoms with Crippen molar-refractivity contribution in [3.63, 3.8) is 0 Å². The molecule has 0 aliphatic carbocycles. The van der Waals surface area contributed by atoms with E-state index in [1.54, 1.807) is 31.2 Å². The number of hydrogen-bond donors (Lipinski definition) is 1. The number of aromatic nitrogens is 2. The molecule has 1 atom stereocenters. The first-order chi connectivity index (χ1) is 18.8. The normalized spacial score (nSPS) is 12.4. The fourth-order valence-corrected chi connectivity index (χ4v) is 5.21. The lowest BCUT2D eigenvalue weighted by Crippen LogP contribution is -2.23. The van der Waals surface area contributed by atoms with E-state index in [-0.39, 0.29) is 17.2 Å². The van der Waals surface area contributed by atoms with Crippen LogP contribution >= 0.6 is 11.6 Å². The Morgan fingerprint density at radius 3 is 2.54 bits per heavy atom. The summed E-state index contributed by atoms with van der Waals surface area (Å²) in [5.41, 5.74) is 9.76. The Morgan fingerprint density at radius 1 is 1.08 bits per heavy atom. The van der Waals surface area contributed by atoms with Crippen molar-refractivity contribution in [3.8, 4) is 11.4 Å². The van der Waals surface area contributed by atoms with Gasteiger partial charge < -0.3 is 14.7 Å². The minimum atomic E-state index is -0.404. The number of benzene rings is 3. The highest BCUT2D eigenvalue weighted by atomic mass is 35.5. The van der Waals surface area contributed by atoms with Crippen molar-refractivity contribution >= 4 is 22.6 Å². The topological polar surface area (TPSA) is 74.0 Å². The lowest BCUT2D eigenvalue weighted by atomic mass is 9.93. The second-order valence-corrected chi connectivity index (χ2v) is 10.7. The summed E-state index contributed by atoms with van der Waals surface area (Å²) >= 11 is 6.30. The fraction of sp³-hybridized carbons (Fsp3) is 0.250. The molecule has 0 bridgehead atoms. The van der Waals surface area contributed by atoms with Gasteiger partial charge in [0.1, 0.15) is 23.0 Å². The highest BCUT2D eigenvalue weighted by Gasteiger charge is 2.30. The van der Waals surface area contributed by atoms with Crippen LogP contribution in [0.5, 0.6) is 0 Å². The largest absolute Gasteiger partial charge is 0.458 e. The molecule has 2 heterocycles. The van der Waals surface area contributed by atoms with Gasteiger partial charge in [-0.05, 0) is 48.7 Å². The summed E-state index contributed by atoms with van der Waals surface area (Å²) in [4.78, 5) is 18.8. The molecule has 1 unspecified atom stereocenters. The molecule has 2 aromatic heterocycles. The van der Waals surface area contributed by atoms with Crippen LogP contribution in [0, 0.1) is 18.7 Å². The van der Waals surface area contributed by atoms with Gasteiger partial charge in [0.15, 0.2) is 5.43 Å². The van der Waals surface area contributed by atoms with Gasteiger partial charge in [-0.2, -0.15) is 0 Å². The summed E-state index contributed by atoms with van der Waals surface area (Å²) in [6, 6.07) is 19.6. The van der Waals surface area contributed by atoms with Gasteiger partial charge in [0.05, 0.1) is 17.1 Å². The molecular weight excluding hydrogens is 513 g/mol. The molecule has 7 heteroatoms. The molecule has 0 amide bonds. The Labute approximate surface area is 232 Å². The summed E-state index contributed by atoms with van der Waals surface area (Å²) in [5, 5.41) is 0.962. The van der Waals surface area contributed by atoms with Gasteiger partial charge in [-0.3, -0.25) is 4.79 Å². The zero-order chi connectivity index (χ0) is 27.7. The number of hydrogen-bond acceptors (Lipinski definition) is 4. The van der Waals surface area contributed by atoms with Crippen LogP contribution in [0.2, 0.25) is 5.02 Å². The van der Waals surface area contributed by atoms with E-state index in [4.69, 9.17) is 26.7 Å². The number of nitrogens with two attached hydrogens (primary N) is 1. The maximum Gasteiger partial charge on any atom is 0.196 e. The van der Waals surface area contributed by atoms with Crippen molar-refractivity contribution in [1.82, 2.24) is 9.55 Å². The summed E-state index contributed by atoms with van der Waals surface area (Å²) in [7, 11) is 0. The highest BCUT2D eigenvalue weighted by Crippen LogP contribution is 2.36. The van der Waals surface area contributed by atoms with Crippen LogP contribution in [0.4, 0.5) is 4.39 Å². The zero-order valence-corrected chi connectivity index (χ0v) is 23.0. The molecule has 0 aliphatic heterocycles. The Hall–Kier alpha value is -3.74. The quantitative estimate of drug-likeness (QED) is 0.226. The first kappa shape index (κ1) is 26.9. The SMILES string of the molecule is Cc1ccc(-c2nc(CCN)cn2C(c2oc3cc(Cl)ccc3c(=O)c2Cc2ccccc2)C(C)C)cc1F. The van der Waals surface area contributed by atoms with Gasteiger partial charge in [0.25, 0.3) is 0 Å². The number of imidazole rings is 1. The van der Waals surface area contributed by atoms with E-state index >= 15 is 0 Å². The van der Waals surface area contributed by atoms with E-state index in [0.717, 1.165) is 11.3 Å². The third-order valence-corrected chi connectivity index (χ3v) is 7.25. The average Bonchev–Trinajstić information content (AvgIpc) is 3.31. The lowest BCUT2D eigenvalue weighted by molar-refractivity contribution is 0.359. The minimum Gasteiger partial charge on any atom is -0.458 e. The summed E-state index contributed by atoms with van der Waals surface area (Å²) < 4.78 is 23.3. The van der Waals surface area contributed by atoms with E-state index in [9.17, 15) is 9.18 Å². The van der Waals surface area contributed by atoms with Crippen LogP contribution < -0.4 is 11.2 Å². The van der Waals surface area contributed by atoms with Gasteiger partial charge >= 0.3 is 0 Å². The van der Waals surface area contributed by atoms with Crippen LogP contribution in [0.3, 0.4) is 0 Å². The van der Waals surface area contributed by atoms with Crippen LogP contribution in [0.1, 0.15) is 48.0 Å². The molecule has 39 heavy (non-hydrogen) atoms. The average molecular weight is 544 g/mol. The maximum atomic E-state index is 14.7. The van der Waals surface area contributed by atoms with Crippen molar-refractivity contribution in [2.45, 2.75) is 39.7 Å². The Balaban J connectivity index is 1.79. The number of rotatable bonds is 8. The van der Waals surface area contributed by atoms with Crippen molar-refractivity contribution in [3.05, 3.63) is 122 Å². The second-order valence-electron chi connectivity index (χ2n) is 10.2. The van der Waals surface area contributed by atoms with Gasteiger partial charge in [0, 0.05) is 41.3 Å². The first-order valence-electron chi connectivity index (χ1n) is 13.1. The molecule has 0 saturated heterocycles. The third kappa shape index (κ3) is 5.40. The molecule has 0 saturated carbocycles. The molecule has 5 aromatic rings. The number of halogens is 2. The number of aryl methyl sites for hydroxylation is 1. The number of nitrogens with zero attached hydrogens (tertiary/aromatic N) is 2. The summed E-state index contributed by atoms with van der Waals surface area (Å²) in [6.07, 6.45) is 2.91. The third-order valence-electron chi connectivity index (χ3n) is 7.02. The summed E-state index contributed by atoms with van der Waals surface area (Å²) in [6.45, 7) is 6.30. The van der Waals surface area contributed by atoms with E-state index in [2.05, 4.69) is 13.8 Å². The van der Waals surface area contributed by atoms with E-state index in [1.165, 1.54) is 6.07 Å².